The molecule has 140 valence electrons. The second kappa shape index (κ2) is 7.99. The molecule has 3 rings (SSSR count). The van der Waals surface area contributed by atoms with Crippen molar-refractivity contribution in [2.45, 2.75) is 39.7 Å². The molecular formula is C20H29N5O. The van der Waals surface area contributed by atoms with Crippen LogP contribution in [0.4, 0.5) is 0 Å². The summed E-state index contributed by atoms with van der Waals surface area (Å²) in [6.45, 7) is 7.51. The maximum absolute atomic E-state index is 12.7. The van der Waals surface area contributed by atoms with Crippen LogP contribution in [0.1, 0.15) is 37.0 Å². The van der Waals surface area contributed by atoms with E-state index in [0.717, 1.165) is 44.1 Å². The van der Waals surface area contributed by atoms with Gasteiger partial charge < -0.3 is 9.88 Å². The number of carbonyl (C=O) groups is 1. The lowest BCUT2D eigenvalue weighted by Gasteiger charge is -2.38. The average molecular weight is 355 g/mol. The zero-order valence-electron chi connectivity index (χ0n) is 16.0. The third-order valence-corrected chi connectivity index (χ3v) is 5.57. The van der Waals surface area contributed by atoms with E-state index in [1.807, 2.05) is 24.6 Å². The monoisotopic (exact) mass is 355 g/mol. The molecular weight excluding hydrogens is 326 g/mol. The number of amides is 1. The molecule has 2 heterocycles. The van der Waals surface area contributed by atoms with Gasteiger partial charge in [-0.25, -0.2) is 0 Å². The highest BCUT2D eigenvalue weighted by Gasteiger charge is 2.36. The van der Waals surface area contributed by atoms with E-state index in [0.29, 0.717) is 13.0 Å². The van der Waals surface area contributed by atoms with Crippen molar-refractivity contribution < 1.29 is 4.79 Å². The number of benzene rings is 1. The van der Waals surface area contributed by atoms with E-state index in [4.69, 9.17) is 0 Å². The van der Waals surface area contributed by atoms with Gasteiger partial charge in [-0.1, -0.05) is 37.3 Å². The number of rotatable bonds is 6. The highest BCUT2D eigenvalue weighted by Crippen LogP contribution is 2.31. The molecule has 1 aliphatic rings. The van der Waals surface area contributed by atoms with Gasteiger partial charge in [0.05, 0.1) is 0 Å². The number of aromatic nitrogens is 3. The average Bonchev–Trinajstić information content (AvgIpc) is 2.97. The number of aryl methyl sites for hydroxylation is 1. The summed E-state index contributed by atoms with van der Waals surface area (Å²) in [5.41, 5.74) is 1.06. The molecule has 6 heteroatoms. The fourth-order valence-corrected chi connectivity index (χ4v) is 3.44. The van der Waals surface area contributed by atoms with Gasteiger partial charge in [-0.15, -0.1) is 10.2 Å². The lowest BCUT2D eigenvalue weighted by Crippen LogP contribution is -2.47. The number of hydrogen-bond acceptors (Lipinski definition) is 4. The quantitative estimate of drug-likeness (QED) is 0.862. The Labute approximate surface area is 155 Å². The summed E-state index contributed by atoms with van der Waals surface area (Å²) < 4.78 is 1.97. The van der Waals surface area contributed by atoms with Gasteiger partial charge in [0.1, 0.15) is 11.6 Å². The Hall–Kier alpha value is -2.21. The first-order chi connectivity index (χ1) is 12.5. The van der Waals surface area contributed by atoms with Crippen LogP contribution in [0.2, 0.25) is 0 Å². The van der Waals surface area contributed by atoms with E-state index in [1.54, 1.807) is 0 Å². The van der Waals surface area contributed by atoms with Gasteiger partial charge in [0.25, 0.3) is 0 Å². The first kappa shape index (κ1) is 18.6. The lowest BCUT2D eigenvalue weighted by molar-refractivity contribution is -0.132. The first-order valence-electron chi connectivity index (χ1n) is 9.37. The van der Waals surface area contributed by atoms with E-state index < -0.39 is 0 Å². The van der Waals surface area contributed by atoms with Gasteiger partial charge in [0, 0.05) is 32.0 Å². The smallest absolute Gasteiger partial charge is 0.226 e. The molecule has 0 unspecified atom stereocenters. The van der Waals surface area contributed by atoms with Gasteiger partial charge in [0.15, 0.2) is 0 Å². The summed E-state index contributed by atoms with van der Waals surface area (Å²) in [4.78, 5) is 15.1. The Morgan fingerprint density at radius 1 is 1.19 bits per heavy atom. The lowest BCUT2D eigenvalue weighted by atomic mass is 9.79. The van der Waals surface area contributed by atoms with Crippen LogP contribution in [-0.2, 0) is 24.8 Å². The molecule has 0 radical (unpaired) electrons. The maximum Gasteiger partial charge on any atom is 0.226 e. The van der Waals surface area contributed by atoms with Crippen LogP contribution in [-0.4, -0.2) is 45.2 Å². The summed E-state index contributed by atoms with van der Waals surface area (Å²) in [6.07, 6.45) is 2.50. The van der Waals surface area contributed by atoms with Crippen molar-refractivity contribution in [3.05, 3.63) is 47.5 Å². The Bertz CT molecular complexity index is 732. The number of piperidine rings is 1. The van der Waals surface area contributed by atoms with Crippen LogP contribution in [0.5, 0.6) is 0 Å². The second-order valence-electron chi connectivity index (χ2n) is 7.55. The molecule has 1 N–H and O–H groups in total. The summed E-state index contributed by atoms with van der Waals surface area (Å²) in [6, 6.07) is 10.5. The number of nitrogens with one attached hydrogen (secondary N) is 1. The van der Waals surface area contributed by atoms with Crippen LogP contribution >= 0.6 is 0 Å². The Balaban J connectivity index is 1.45. The van der Waals surface area contributed by atoms with Crippen LogP contribution in [0.15, 0.2) is 30.3 Å². The van der Waals surface area contributed by atoms with Crippen molar-refractivity contribution in [2.24, 2.45) is 12.5 Å². The maximum atomic E-state index is 12.7. The Morgan fingerprint density at radius 3 is 2.50 bits per heavy atom. The molecule has 0 atom stereocenters. The largest absolute Gasteiger partial charge is 0.355 e. The van der Waals surface area contributed by atoms with E-state index in [-0.39, 0.29) is 11.3 Å². The summed E-state index contributed by atoms with van der Waals surface area (Å²) in [5.74, 6) is 1.96. The molecule has 1 aliphatic heterocycles. The molecule has 1 amide bonds. The van der Waals surface area contributed by atoms with Gasteiger partial charge in [-0.2, -0.15) is 0 Å². The highest BCUT2D eigenvalue weighted by molar-refractivity contribution is 5.82. The molecule has 1 aromatic heterocycles. The molecule has 1 aromatic carbocycles. The Kier molecular flexibility index (Phi) is 5.71. The molecule has 0 aliphatic carbocycles. The summed E-state index contributed by atoms with van der Waals surface area (Å²) >= 11 is 0. The van der Waals surface area contributed by atoms with Gasteiger partial charge in [-0.3, -0.25) is 9.69 Å². The molecule has 0 spiro atoms. The molecule has 1 saturated heterocycles. The van der Waals surface area contributed by atoms with Gasteiger partial charge in [-0.05, 0) is 38.4 Å². The minimum atomic E-state index is -0.275. The SMILES string of the molecule is Cc1nnc(CCNC(=O)C2(C)CCN(Cc3ccccc3)CC2)n1C. The minimum absolute atomic E-state index is 0.163. The van der Waals surface area contributed by atoms with E-state index >= 15 is 0 Å². The van der Waals surface area contributed by atoms with Crippen LogP contribution in [0.25, 0.3) is 0 Å². The predicted octanol–water partition coefficient (Wildman–Crippen LogP) is 2.08. The van der Waals surface area contributed by atoms with Crippen molar-refractivity contribution in [1.29, 1.82) is 0 Å². The van der Waals surface area contributed by atoms with E-state index in [2.05, 4.69) is 51.6 Å². The van der Waals surface area contributed by atoms with Crippen molar-refractivity contribution >= 4 is 5.91 Å². The number of hydrogen-bond donors (Lipinski definition) is 1. The van der Waals surface area contributed by atoms with Crippen LogP contribution in [0.3, 0.4) is 0 Å². The minimum Gasteiger partial charge on any atom is -0.355 e. The normalized spacial score (nSPS) is 17.2. The van der Waals surface area contributed by atoms with Crippen molar-refractivity contribution in [3.63, 3.8) is 0 Å². The van der Waals surface area contributed by atoms with E-state index in [9.17, 15) is 4.79 Å². The van der Waals surface area contributed by atoms with Crippen LogP contribution < -0.4 is 5.32 Å². The number of nitrogens with zero attached hydrogens (tertiary/aromatic N) is 4. The molecule has 26 heavy (non-hydrogen) atoms. The third-order valence-electron chi connectivity index (χ3n) is 5.57. The molecule has 1 fully saturated rings. The zero-order valence-corrected chi connectivity index (χ0v) is 16.0. The number of likely N-dealkylation sites (tertiary alicyclic amines) is 1. The van der Waals surface area contributed by atoms with Crippen molar-refractivity contribution in [3.8, 4) is 0 Å². The zero-order chi connectivity index (χ0) is 18.6. The third kappa shape index (κ3) is 4.30. The second-order valence-corrected chi connectivity index (χ2v) is 7.55. The first-order valence-corrected chi connectivity index (χ1v) is 9.37. The summed E-state index contributed by atoms with van der Waals surface area (Å²) in [5, 5.41) is 11.3. The predicted molar refractivity (Wildman–Crippen MR) is 102 cm³/mol. The Morgan fingerprint density at radius 2 is 1.88 bits per heavy atom. The topological polar surface area (TPSA) is 63.1 Å². The fourth-order valence-electron chi connectivity index (χ4n) is 3.44. The van der Waals surface area contributed by atoms with Crippen molar-refractivity contribution in [1.82, 2.24) is 25.0 Å². The van der Waals surface area contributed by atoms with Gasteiger partial charge in [0.2, 0.25) is 5.91 Å². The van der Waals surface area contributed by atoms with E-state index in [1.165, 1.54) is 5.56 Å². The van der Waals surface area contributed by atoms with Crippen molar-refractivity contribution in [2.75, 3.05) is 19.6 Å². The molecule has 0 saturated carbocycles. The van der Waals surface area contributed by atoms with Gasteiger partial charge >= 0.3 is 0 Å². The molecule has 6 nitrogen and oxygen atoms in total. The molecule has 0 bridgehead atoms. The molecule has 2 aromatic rings. The fraction of sp³-hybridized carbons (Fsp3) is 0.550. The standard InChI is InChI=1S/C20H29N5O/c1-16-22-23-18(24(16)3)9-12-21-19(26)20(2)10-13-25(14-11-20)15-17-7-5-4-6-8-17/h4-8H,9-15H2,1-3H3,(H,21,26). The highest BCUT2D eigenvalue weighted by atomic mass is 16.2. The summed E-state index contributed by atoms with van der Waals surface area (Å²) in [7, 11) is 1.95. The number of carbonyl (C=O) groups excluding carboxylic acids is 1. The van der Waals surface area contributed by atoms with Crippen LogP contribution in [0, 0.1) is 12.3 Å².